The second-order valence-corrected chi connectivity index (χ2v) is 5.50. The third kappa shape index (κ3) is 4.75. The zero-order valence-electron chi connectivity index (χ0n) is 12.9. The van der Waals surface area contributed by atoms with Crippen LogP contribution in [0, 0.1) is 13.8 Å². The maximum atomic E-state index is 12.0. The molecule has 0 aliphatic carbocycles. The molecule has 0 radical (unpaired) electrons. The fourth-order valence-electron chi connectivity index (χ4n) is 2.29. The smallest absolute Gasteiger partial charge is 0.251 e. The largest absolute Gasteiger partial charge is 0.352 e. The van der Waals surface area contributed by atoms with Gasteiger partial charge in [-0.3, -0.25) is 4.79 Å². The van der Waals surface area contributed by atoms with E-state index in [2.05, 4.69) is 36.5 Å². The summed E-state index contributed by atoms with van der Waals surface area (Å²) in [6.45, 7) is 4.82. The SMILES string of the molecule is Cc1ccc(C(=O)NCCCCc2ccccc2)cc1C. The van der Waals surface area contributed by atoms with Gasteiger partial charge in [0.05, 0.1) is 0 Å². The van der Waals surface area contributed by atoms with Crippen LogP contribution < -0.4 is 5.32 Å². The van der Waals surface area contributed by atoms with Crippen molar-refractivity contribution in [2.24, 2.45) is 0 Å². The fourth-order valence-corrected chi connectivity index (χ4v) is 2.29. The van der Waals surface area contributed by atoms with Gasteiger partial charge in [0.2, 0.25) is 0 Å². The summed E-state index contributed by atoms with van der Waals surface area (Å²) in [7, 11) is 0. The van der Waals surface area contributed by atoms with Gasteiger partial charge in [-0.05, 0) is 61.9 Å². The number of carbonyl (C=O) groups is 1. The Balaban J connectivity index is 1.71. The topological polar surface area (TPSA) is 29.1 Å². The highest BCUT2D eigenvalue weighted by atomic mass is 16.1. The molecule has 1 N–H and O–H groups in total. The van der Waals surface area contributed by atoms with Crippen LogP contribution in [0.25, 0.3) is 0 Å². The Morgan fingerprint density at radius 3 is 2.43 bits per heavy atom. The van der Waals surface area contributed by atoms with Crippen LogP contribution in [-0.4, -0.2) is 12.5 Å². The number of hydrogen-bond donors (Lipinski definition) is 1. The molecule has 0 saturated heterocycles. The van der Waals surface area contributed by atoms with Crippen molar-refractivity contribution in [3.63, 3.8) is 0 Å². The van der Waals surface area contributed by atoms with E-state index in [4.69, 9.17) is 0 Å². The molecule has 110 valence electrons. The molecule has 0 heterocycles. The maximum absolute atomic E-state index is 12.0. The molecule has 2 aromatic carbocycles. The van der Waals surface area contributed by atoms with Crippen molar-refractivity contribution >= 4 is 5.91 Å². The van der Waals surface area contributed by atoms with Gasteiger partial charge in [0.25, 0.3) is 5.91 Å². The Kier molecular flexibility index (Phi) is 5.56. The van der Waals surface area contributed by atoms with Crippen molar-refractivity contribution in [3.8, 4) is 0 Å². The van der Waals surface area contributed by atoms with Crippen molar-refractivity contribution in [1.82, 2.24) is 5.32 Å². The normalized spacial score (nSPS) is 10.4. The van der Waals surface area contributed by atoms with E-state index in [0.29, 0.717) is 0 Å². The monoisotopic (exact) mass is 281 g/mol. The standard InChI is InChI=1S/C19H23NO/c1-15-11-12-18(14-16(15)2)19(21)20-13-7-6-10-17-8-4-3-5-9-17/h3-5,8-9,11-12,14H,6-7,10,13H2,1-2H3,(H,20,21). The van der Waals surface area contributed by atoms with Gasteiger partial charge in [0.1, 0.15) is 0 Å². The van der Waals surface area contributed by atoms with Gasteiger partial charge in [0.15, 0.2) is 0 Å². The van der Waals surface area contributed by atoms with E-state index in [1.165, 1.54) is 11.1 Å². The molecule has 0 aliphatic rings. The zero-order valence-corrected chi connectivity index (χ0v) is 12.9. The van der Waals surface area contributed by atoms with Crippen LogP contribution in [0.15, 0.2) is 48.5 Å². The van der Waals surface area contributed by atoms with Gasteiger partial charge in [-0.25, -0.2) is 0 Å². The molecule has 2 aromatic rings. The number of carbonyl (C=O) groups excluding carboxylic acids is 1. The van der Waals surface area contributed by atoms with Gasteiger partial charge in [-0.15, -0.1) is 0 Å². The Bertz CT molecular complexity index is 590. The van der Waals surface area contributed by atoms with E-state index in [1.54, 1.807) is 0 Å². The van der Waals surface area contributed by atoms with Gasteiger partial charge >= 0.3 is 0 Å². The molecule has 2 nitrogen and oxygen atoms in total. The van der Waals surface area contributed by atoms with Crippen molar-refractivity contribution in [1.29, 1.82) is 0 Å². The van der Waals surface area contributed by atoms with Crippen LogP contribution in [0.2, 0.25) is 0 Å². The van der Waals surface area contributed by atoms with Gasteiger partial charge < -0.3 is 5.32 Å². The number of benzene rings is 2. The molecule has 0 aromatic heterocycles. The second kappa shape index (κ2) is 7.63. The van der Waals surface area contributed by atoms with E-state index < -0.39 is 0 Å². The van der Waals surface area contributed by atoms with E-state index in [1.807, 2.05) is 31.2 Å². The fraction of sp³-hybridized carbons (Fsp3) is 0.316. The quantitative estimate of drug-likeness (QED) is 0.795. The molecular formula is C19H23NO. The number of rotatable bonds is 6. The van der Waals surface area contributed by atoms with Crippen molar-refractivity contribution in [3.05, 3.63) is 70.8 Å². The molecule has 0 spiro atoms. The second-order valence-electron chi connectivity index (χ2n) is 5.50. The Labute approximate surface area is 127 Å². The summed E-state index contributed by atoms with van der Waals surface area (Å²) < 4.78 is 0. The predicted octanol–water partition coefficient (Wildman–Crippen LogP) is 4.06. The van der Waals surface area contributed by atoms with Crippen LogP contribution in [0.4, 0.5) is 0 Å². The lowest BCUT2D eigenvalue weighted by Gasteiger charge is -2.07. The summed E-state index contributed by atoms with van der Waals surface area (Å²) in [6.07, 6.45) is 3.17. The molecule has 0 atom stereocenters. The molecule has 2 rings (SSSR count). The molecule has 0 fully saturated rings. The van der Waals surface area contributed by atoms with Crippen LogP contribution in [0.3, 0.4) is 0 Å². The van der Waals surface area contributed by atoms with Crippen LogP contribution in [0.5, 0.6) is 0 Å². The molecule has 21 heavy (non-hydrogen) atoms. The third-order valence-corrected chi connectivity index (χ3v) is 3.79. The van der Waals surface area contributed by atoms with Crippen LogP contribution in [0.1, 0.15) is 39.9 Å². The van der Waals surface area contributed by atoms with Crippen molar-refractivity contribution < 1.29 is 4.79 Å². The number of nitrogens with one attached hydrogen (secondary N) is 1. The number of aryl methyl sites for hydroxylation is 3. The average Bonchev–Trinajstić information content (AvgIpc) is 2.50. The minimum Gasteiger partial charge on any atom is -0.352 e. The van der Waals surface area contributed by atoms with E-state index >= 15 is 0 Å². The lowest BCUT2D eigenvalue weighted by molar-refractivity contribution is 0.0953. The summed E-state index contributed by atoms with van der Waals surface area (Å²) in [5.74, 6) is 0.0258. The van der Waals surface area contributed by atoms with Gasteiger partial charge in [0, 0.05) is 12.1 Å². The first-order chi connectivity index (χ1) is 10.2. The average molecular weight is 281 g/mol. The van der Waals surface area contributed by atoms with E-state index in [-0.39, 0.29) is 5.91 Å². The Morgan fingerprint density at radius 1 is 0.952 bits per heavy atom. The van der Waals surface area contributed by atoms with Gasteiger partial charge in [-0.1, -0.05) is 36.4 Å². The highest BCUT2D eigenvalue weighted by Gasteiger charge is 2.05. The molecule has 2 heteroatoms. The predicted molar refractivity (Wildman–Crippen MR) is 87.6 cm³/mol. The summed E-state index contributed by atoms with van der Waals surface area (Å²) in [5, 5.41) is 2.99. The first-order valence-corrected chi connectivity index (χ1v) is 7.56. The van der Waals surface area contributed by atoms with E-state index in [9.17, 15) is 4.79 Å². The molecule has 0 aliphatic heterocycles. The highest BCUT2D eigenvalue weighted by Crippen LogP contribution is 2.10. The maximum Gasteiger partial charge on any atom is 0.251 e. The number of unbranched alkanes of at least 4 members (excludes halogenated alkanes) is 1. The first-order valence-electron chi connectivity index (χ1n) is 7.56. The first kappa shape index (κ1) is 15.3. The van der Waals surface area contributed by atoms with Crippen molar-refractivity contribution in [2.75, 3.05) is 6.54 Å². The lowest BCUT2D eigenvalue weighted by atomic mass is 10.1. The van der Waals surface area contributed by atoms with Crippen molar-refractivity contribution in [2.45, 2.75) is 33.1 Å². The van der Waals surface area contributed by atoms with E-state index in [0.717, 1.165) is 36.9 Å². The molecular weight excluding hydrogens is 258 g/mol. The molecule has 0 unspecified atom stereocenters. The zero-order chi connectivity index (χ0) is 15.1. The highest BCUT2D eigenvalue weighted by molar-refractivity contribution is 5.94. The summed E-state index contributed by atoms with van der Waals surface area (Å²) in [6, 6.07) is 16.3. The summed E-state index contributed by atoms with van der Waals surface area (Å²) in [5.41, 5.74) is 4.49. The van der Waals surface area contributed by atoms with Gasteiger partial charge in [-0.2, -0.15) is 0 Å². The number of amides is 1. The lowest BCUT2D eigenvalue weighted by Crippen LogP contribution is -2.24. The van der Waals surface area contributed by atoms with Crippen LogP contribution >= 0.6 is 0 Å². The minimum atomic E-state index is 0.0258. The molecule has 0 bridgehead atoms. The summed E-state index contributed by atoms with van der Waals surface area (Å²) in [4.78, 5) is 12.0. The number of hydrogen-bond acceptors (Lipinski definition) is 1. The third-order valence-electron chi connectivity index (χ3n) is 3.79. The molecule has 0 saturated carbocycles. The summed E-state index contributed by atoms with van der Waals surface area (Å²) >= 11 is 0. The van der Waals surface area contributed by atoms with Crippen LogP contribution in [-0.2, 0) is 6.42 Å². The minimum absolute atomic E-state index is 0.0258. The Hall–Kier alpha value is -2.09. The Morgan fingerprint density at radius 2 is 1.71 bits per heavy atom. The molecule has 1 amide bonds.